The van der Waals surface area contributed by atoms with E-state index in [1.165, 1.54) is 64.2 Å². The molecule has 2 aliphatic rings. The molecule has 0 N–H and O–H groups in total. The molecule has 0 aromatic carbocycles. The highest BCUT2D eigenvalue weighted by molar-refractivity contribution is 4.97. The first-order chi connectivity index (χ1) is 32.9. The largest absolute Gasteiger partial charge is 0.120 e. The van der Waals surface area contributed by atoms with Gasteiger partial charge in [-0.15, -0.1) is 12.3 Å². The van der Waals surface area contributed by atoms with Gasteiger partial charge in [-0.1, -0.05) is 388 Å². The predicted molar refractivity (Wildman–Crippen MR) is 412 cm³/mol. The fourth-order valence-corrected chi connectivity index (χ4v) is 4.99. The first-order valence-corrected chi connectivity index (χ1v) is 32.4. The monoisotopic (exact) mass is 1190 g/mol. The molecular formula is C83H192. The summed E-state index contributed by atoms with van der Waals surface area (Å²) in [6.07, 6.45) is 19.7. The van der Waals surface area contributed by atoms with Crippen molar-refractivity contribution in [2.45, 2.75) is 441 Å². The summed E-state index contributed by atoms with van der Waals surface area (Å²) in [7, 11) is 0. The van der Waals surface area contributed by atoms with Gasteiger partial charge in [-0.3, -0.25) is 0 Å². The maximum absolute atomic E-state index is 5.06. The van der Waals surface area contributed by atoms with Crippen molar-refractivity contribution in [3.05, 3.63) is 0 Å². The molecule has 0 bridgehead atoms. The molecule has 0 spiro atoms. The Labute approximate surface area is 544 Å². The Hall–Kier alpha value is -0.440. The van der Waals surface area contributed by atoms with E-state index in [9.17, 15) is 0 Å². The Kier molecular flexibility index (Phi) is 75.9. The molecule has 0 amide bonds. The minimum absolute atomic E-state index is 0. The summed E-state index contributed by atoms with van der Waals surface area (Å²) >= 11 is 0. The Balaban J connectivity index is -0.0000000469. The summed E-state index contributed by atoms with van der Waals surface area (Å²) in [5.74, 6) is 6.26. The highest BCUT2D eigenvalue weighted by atomic mass is 14.3. The molecule has 0 aromatic rings. The van der Waals surface area contributed by atoms with Crippen LogP contribution in [0.4, 0.5) is 0 Å². The van der Waals surface area contributed by atoms with E-state index in [0.717, 1.165) is 23.7 Å². The lowest BCUT2D eigenvalue weighted by atomic mass is 9.71. The number of rotatable bonds is 1. The molecule has 2 aliphatic carbocycles. The van der Waals surface area contributed by atoms with Gasteiger partial charge in [0, 0.05) is 5.41 Å². The second kappa shape index (κ2) is 52.3. The quantitative estimate of drug-likeness (QED) is 0.230. The van der Waals surface area contributed by atoms with Crippen LogP contribution in [0, 0.1) is 106 Å². The average molecular weight is 1190 g/mol. The van der Waals surface area contributed by atoms with E-state index < -0.39 is 0 Å². The molecule has 0 unspecified atom stereocenters. The Bertz CT molecular complexity index is 1140. The Morgan fingerprint density at radius 2 is 0.434 bits per heavy atom. The first kappa shape index (κ1) is 120. The topological polar surface area (TPSA) is 0 Å². The van der Waals surface area contributed by atoms with Crippen LogP contribution in [0.2, 0.25) is 0 Å². The normalized spacial score (nSPS) is 14.0. The maximum atomic E-state index is 5.06. The summed E-state index contributed by atoms with van der Waals surface area (Å²) in [6, 6.07) is 0. The lowest BCUT2D eigenvalue weighted by Gasteiger charge is -2.34. The van der Waals surface area contributed by atoms with E-state index in [-0.39, 0.29) is 42.5 Å². The highest BCUT2D eigenvalue weighted by Crippen LogP contribution is 2.39. The van der Waals surface area contributed by atoms with Crippen molar-refractivity contribution < 1.29 is 0 Å². The van der Waals surface area contributed by atoms with Crippen LogP contribution in [0.1, 0.15) is 441 Å². The van der Waals surface area contributed by atoms with Gasteiger partial charge in [0.1, 0.15) is 0 Å². The SMILES string of the molecule is C.C.C.C.C.C#CC(C)(C)C.CC(C)(C)C.CC(C)(C)C.CC(C)(C)C.CC(C)(C)C.CC(C)(C)C.CC(C)(C)C.CC(C)(C)C(C)(C)C.CC(C)(C)C1CCCC1.CC(C)(C)C1CCCCC1.CC(C)C(C)(C)C.CC(C)CC(C)(C)C. The molecule has 0 atom stereocenters. The van der Waals surface area contributed by atoms with Crippen molar-refractivity contribution in [1.82, 2.24) is 0 Å². The molecule has 2 saturated carbocycles. The van der Waals surface area contributed by atoms with Crippen molar-refractivity contribution in [1.29, 1.82) is 0 Å². The molecule has 83 heavy (non-hydrogen) atoms. The van der Waals surface area contributed by atoms with Gasteiger partial charge < -0.3 is 0 Å². The molecule has 0 nitrogen and oxygen atoms in total. The predicted octanol–water partition coefficient (Wildman–Crippen LogP) is 32.8. The van der Waals surface area contributed by atoms with Crippen LogP contribution in [-0.4, -0.2) is 0 Å². The highest BCUT2D eigenvalue weighted by Gasteiger charge is 2.28. The lowest BCUT2D eigenvalue weighted by Crippen LogP contribution is -2.25. The van der Waals surface area contributed by atoms with Gasteiger partial charge in [0.2, 0.25) is 0 Å². The summed E-state index contributed by atoms with van der Waals surface area (Å²) in [4.78, 5) is 0. The summed E-state index contributed by atoms with van der Waals surface area (Å²) in [5.41, 5.74) is 6.12. The molecule has 2 fully saturated rings. The molecule has 2 rings (SSSR count). The minimum atomic E-state index is 0. The van der Waals surface area contributed by atoms with E-state index >= 15 is 0 Å². The van der Waals surface area contributed by atoms with Crippen LogP contribution in [0.25, 0.3) is 0 Å². The van der Waals surface area contributed by atoms with Crippen molar-refractivity contribution in [2.75, 3.05) is 0 Å². The van der Waals surface area contributed by atoms with E-state index in [0.29, 0.717) is 65.0 Å². The Morgan fingerprint density at radius 3 is 0.482 bits per heavy atom. The summed E-state index contributed by atoms with van der Waals surface area (Å²) in [5, 5.41) is 0. The molecule has 0 heterocycles. The van der Waals surface area contributed by atoms with E-state index in [2.05, 4.69) is 324 Å². The third-order valence-electron chi connectivity index (χ3n) is 10.8. The third kappa shape index (κ3) is 210. The second-order valence-corrected chi connectivity index (χ2v) is 41.6. The van der Waals surface area contributed by atoms with Gasteiger partial charge in [0.25, 0.3) is 0 Å². The molecule has 0 heteroatoms. The fourth-order valence-electron chi connectivity index (χ4n) is 4.99. The van der Waals surface area contributed by atoms with Gasteiger partial charge in [-0.2, -0.15) is 0 Å². The van der Waals surface area contributed by atoms with E-state index in [1.54, 1.807) is 0 Å². The molecule has 0 saturated heterocycles. The zero-order chi connectivity index (χ0) is 66.6. The van der Waals surface area contributed by atoms with Crippen LogP contribution in [0.5, 0.6) is 0 Å². The van der Waals surface area contributed by atoms with Crippen molar-refractivity contribution in [2.24, 2.45) is 94.1 Å². The second-order valence-electron chi connectivity index (χ2n) is 41.6. The standard InChI is InChI=1S/C10H20.C9H18.2C8H18.C7H16.C6H10.6C5H12.5CH4/c1-10(2,3)9-7-5-4-6-8-9;1-9(2,3)8-6-4-5-7-8;1-7(2)6-8(3,4)5;1-7(2,3)8(4,5)6;1-6(2)7(3,4)5;1-5-6(2,3)4;6*1-5(2,3)4;;;;;/h9H,4-8H2,1-3H3;8H,4-7H2,1-3H3;7H,6H2,1-5H3;1-6H3;6H,1-5H3;1H,2-4H3;6*1-4H3;5*1H4. The van der Waals surface area contributed by atoms with Gasteiger partial charge >= 0.3 is 0 Å². The first-order valence-electron chi connectivity index (χ1n) is 32.4. The maximum Gasteiger partial charge on any atom is 0.0227 e. The van der Waals surface area contributed by atoms with Crippen LogP contribution >= 0.6 is 0 Å². The number of hydrogen-bond acceptors (Lipinski definition) is 0. The van der Waals surface area contributed by atoms with Gasteiger partial charge in [-0.05, 0) is 142 Å². The Morgan fingerprint density at radius 1 is 0.301 bits per heavy atom. The van der Waals surface area contributed by atoms with Crippen molar-refractivity contribution >= 4 is 0 Å². The average Bonchev–Trinajstić information content (AvgIpc) is 3.59. The number of hydrogen-bond donors (Lipinski definition) is 0. The van der Waals surface area contributed by atoms with E-state index in [4.69, 9.17) is 6.42 Å². The number of terminal acetylenes is 1. The smallest absolute Gasteiger partial charge is 0.0227 e. The molecule has 0 aromatic heterocycles. The molecular weight excluding hydrogens is 997 g/mol. The van der Waals surface area contributed by atoms with Gasteiger partial charge in [0.05, 0.1) is 0 Å². The van der Waals surface area contributed by atoms with Gasteiger partial charge in [-0.25, -0.2) is 0 Å². The summed E-state index contributed by atoms with van der Waals surface area (Å²) < 4.78 is 0. The minimum Gasteiger partial charge on any atom is -0.120 e. The van der Waals surface area contributed by atoms with Crippen molar-refractivity contribution in [3.8, 4) is 12.3 Å². The van der Waals surface area contributed by atoms with Crippen LogP contribution < -0.4 is 0 Å². The zero-order valence-electron chi connectivity index (χ0n) is 66.0. The van der Waals surface area contributed by atoms with Crippen LogP contribution in [-0.2, 0) is 0 Å². The van der Waals surface area contributed by atoms with Gasteiger partial charge in [0.15, 0.2) is 0 Å². The zero-order valence-corrected chi connectivity index (χ0v) is 66.0. The fraction of sp³-hybridized carbons (Fsp3) is 0.976. The molecule has 0 radical (unpaired) electrons. The van der Waals surface area contributed by atoms with Crippen molar-refractivity contribution in [3.63, 3.8) is 0 Å². The summed E-state index contributed by atoms with van der Waals surface area (Å²) in [6.45, 7) is 109. The molecule has 0 aliphatic heterocycles. The van der Waals surface area contributed by atoms with E-state index in [1.807, 2.05) is 20.8 Å². The molecule has 524 valence electrons. The lowest BCUT2D eigenvalue weighted by molar-refractivity contribution is 0.157. The third-order valence-corrected chi connectivity index (χ3v) is 10.8. The van der Waals surface area contributed by atoms with Crippen LogP contribution in [0.15, 0.2) is 0 Å². The van der Waals surface area contributed by atoms with Crippen LogP contribution in [0.3, 0.4) is 0 Å².